The van der Waals surface area contributed by atoms with E-state index in [4.69, 9.17) is 16.3 Å². The maximum absolute atomic E-state index is 5.96. The largest absolute Gasteiger partial charge is 0.464 e. The lowest BCUT2D eigenvalue weighted by molar-refractivity contribution is 0.312. The summed E-state index contributed by atoms with van der Waals surface area (Å²) in [5.41, 5.74) is 1.05. The predicted octanol–water partition coefficient (Wildman–Crippen LogP) is 2.97. The highest BCUT2D eigenvalue weighted by Crippen LogP contribution is 2.14. The second-order valence-electron chi connectivity index (χ2n) is 4.21. The summed E-state index contributed by atoms with van der Waals surface area (Å²) in [5.74, 6) is 0.953. The van der Waals surface area contributed by atoms with Gasteiger partial charge >= 0.3 is 6.01 Å². The SMILES string of the molecule is CCNc1nc(NCc2cccc(Cl)c2)nc(OCC)n1. The second-order valence-corrected chi connectivity index (χ2v) is 4.65. The molecule has 1 aromatic heterocycles. The zero-order chi connectivity index (χ0) is 15.1. The maximum Gasteiger partial charge on any atom is 0.323 e. The number of rotatable bonds is 7. The topological polar surface area (TPSA) is 72.0 Å². The van der Waals surface area contributed by atoms with Crippen molar-refractivity contribution in [3.8, 4) is 6.01 Å². The van der Waals surface area contributed by atoms with Gasteiger partial charge in [0.15, 0.2) is 0 Å². The molecule has 7 heteroatoms. The Morgan fingerprint density at radius 2 is 1.86 bits per heavy atom. The van der Waals surface area contributed by atoms with Crippen molar-refractivity contribution in [2.45, 2.75) is 20.4 Å². The maximum atomic E-state index is 5.96. The predicted molar refractivity (Wildman–Crippen MR) is 83.9 cm³/mol. The molecule has 0 aliphatic heterocycles. The van der Waals surface area contributed by atoms with Crippen LogP contribution in [0.5, 0.6) is 6.01 Å². The number of hydrogen-bond donors (Lipinski definition) is 2. The Kier molecular flexibility index (Phi) is 5.57. The molecule has 0 bridgehead atoms. The zero-order valence-electron chi connectivity index (χ0n) is 12.1. The van der Waals surface area contributed by atoms with E-state index in [0.29, 0.717) is 36.1 Å². The molecular weight excluding hydrogens is 290 g/mol. The van der Waals surface area contributed by atoms with E-state index in [9.17, 15) is 0 Å². The summed E-state index contributed by atoms with van der Waals surface area (Å²) in [5, 5.41) is 6.90. The van der Waals surface area contributed by atoms with Crippen LogP contribution in [0.3, 0.4) is 0 Å². The highest BCUT2D eigenvalue weighted by atomic mass is 35.5. The Balaban J connectivity index is 2.10. The molecule has 0 amide bonds. The van der Waals surface area contributed by atoms with Gasteiger partial charge in [0.25, 0.3) is 0 Å². The molecule has 0 saturated heterocycles. The van der Waals surface area contributed by atoms with Gasteiger partial charge in [-0.05, 0) is 31.5 Å². The number of nitrogens with one attached hydrogen (secondary N) is 2. The molecule has 6 nitrogen and oxygen atoms in total. The number of aromatic nitrogens is 3. The molecule has 1 aromatic carbocycles. The molecule has 2 aromatic rings. The average Bonchev–Trinajstić information content (AvgIpc) is 2.46. The van der Waals surface area contributed by atoms with Crippen LogP contribution in [0.2, 0.25) is 5.02 Å². The quantitative estimate of drug-likeness (QED) is 0.819. The fourth-order valence-corrected chi connectivity index (χ4v) is 1.91. The number of halogens is 1. The van der Waals surface area contributed by atoms with Crippen molar-refractivity contribution < 1.29 is 4.74 Å². The van der Waals surface area contributed by atoms with Crippen molar-refractivity contribution in [3.63, 3.8) is 0 Å². The standard InChI is InChI=1S/C14H18ClN5O/c1-3-16-12-18-13(20-14(19-12)21-4-2)17-9-10-6-5-7-11(15)8-10/h5-8H,3-4,9H2,1-2H3,(H2,16,17,18,19,20). The molecule has 0 aliphatic carbocycles. The molecule has 0 aliphatic rings. The van der Waals surface area contributed by atoms with Gasteiger partial charge in [0, 0.05) is 18.1 Å². The lowest BCUT2D eigenvalue weighted by atomic mass is 10.2. The molecule has 2 rings (SSSR count). The van der Waals surface area contributed by atoms with Gasteiger partial charge in [-0.1, -0.05) is 23.7 Å². The van der Waals surface area contributed by atoms with Crippen LogP contribution in [-0.4, -0.2) is 28.1 Å². The van der Waals surface area contributed by atoms with Crippen molar-refractivity contribution in [1.82, 2.24) is 15.0 Å². The Labute approximate surface area is 128 Å². The first-order valence-corrected chi connectivity index (χ1v) is 7.20. The van der Waals surface area contributed by atoms with Gasteiger partial charge < -0.3 is 15.4 Å². The first-order chi connectivity index (χ1) is 10.2. The third-order valence-electron chi connectivity index (χ3n) is 2.56. The van der Waals surface area contributed by atoms with Crippen LogP contribution in [0.1, 0.15) is 19.4 Å². The number of nitrogens with zero attached hydrogens (tertiary/aromatic N) is 3. The lowest BCUT2D eigenvalue weighted by Crippen LogP contribution is -2.10. The number of anilines is 2. The van der Waals surface area contributed by atoms with Crippen LogP contribution in [0.4, 0.5) is 11.9 Å². The van der Waals surface area contributed by atoms with Crippen molar-refractivity contribution in [2.75, 3.05) is 23.8 Å². The lowest BCUT2D eigenvalue weighted by Gasteiger charge is -2.09. The Hall–Kier alpha value is -2.08. The molecule has 0 fully saturated rings. The van der Waals surface area contributed by atoms with Gasteiger partial charge in [-0.3, -0.25) is 0 Å². The molecule has 0 radical (unpaired) electrons. The summed E-state index contributed by atoms with van der Waals surface area (Å²) in [6, 6.07) is 7.92. The third-order valence-corrected chi connectivity index (χ3v) is 2.80. The highest BCUT2D eigenvalue weighted by molar-refractivity contribution is 6.30. The monoisotopic (exact) mass is 307 g/mol. The van der Waals surface area contributed by atoms with E-state index in [0.717, 1.165) is 12.1 Å². The first-order valence-electron chi connectivity index (χ1n) is 6.82. The van der Waals surface area contributed by atoms with Gasteiger partial charge in [-0.15, -0.1) is 0 Å². The minimum Gasteiger partial charge on any atom is -0.464 e. The van der Waals surface area contributed by atoms with Crippen molar-refractivity contribution >= 4 is 23.5 Å². The summed E-state index contributed by atoms with van der Waals surface area (Å²) >= 11 is 5.96. The number of benzene rings is 1. The molecule has 0 atom stereocenters. The fourth-order valence-electron chi connectivity index (χ4n) is 1.69. The van der Waals surface area contributed by atoms with E-state index < -0.39 is 0 Å². The summed E-state index contributed by atoms with van der Waals surface area (Å²) < 4.78 is 5.34. The number of ether oxygens (including phenoxy) is 1. The molecule has 21 heavy (non-hydrogen) atoms. The minimum atomic E-state index is 0.303. The Morgan fingerprint density at radius 1 is 1.10 bits per heavy atom. The van der Waals surface area contributed by atoms with E-state index in [1.807, 2.05) is 38.1 Å². The Morgan fingerprint density at radius 3 is 2.52 bits per heavy atom. The zero-order valence-corrected chi connectivity index (χ0v) is 12.8. The minimum absolute atomic E-state index is 0.303. The fraction of sp³-hybridized carbons (Fsp3) is 0.357. The smallest absolute Gasteiger partial charge is 0.323 e. The van der Waals surface area contributed by atoms with E-state index in [1.54, 1.807) is 0 Å². The summed E-state index contributed by atoms with van der Waals surface area (Å²) in [6.07, 6.45) is 0. The van der Waals surface area contributed by atoms with Gasteiger partial charge in [0.05, 0.1) is 6.61 Å². The van der Waals surface area contributed by atoms with Crippen LogP contribution >= 0.6 is 11.6 Å². The van der Waals surface area contributed by atoms with Crippen LogP contribution in [-0.2, 0) is 6.54 Å². The van der Waals surface area contributed by atoms with E-state index in [2.05, 4.69) is 25.6 Å². The van der Waals surface area contributed by atoms with Crippen LogP contribution in [0.15, 0.2) is 24.3 Å². The van der Waals surface area contributed by atoms with Gasteiger partial charge in [-0.25, -0.2) is 0 Å². The van der Waals surface area contributed by atoms with Gasteiger partial charge in [-0.2, -0.15) is 15.0 Å². The van der Waals surface area contributed by atoms with E-state index in [-0.39, 0.29) is 0 Å². The van der Waals surface area contributed by atoms with Crippen molar-refractivity contribution in [3.05, 3.63) is 34.9 Å². The highest BCUT2D eigenvalue weighted by Gasteiger charge is 2.06. The van der Waals surface area contributed by atoms with Crippen LogP contribution in [0.25, 0.3) is 0 Å². The summed E-state index contributed by atoms with van der Waals surface area (Å²) in [7, 11) is 0. The van der Waals surface area contributed by atoms with Crippen LogP contribution in [0, 0.1) is 0 Å². The molecule has 112 valence electrons. The molecule has 0 saturated carbocycles. The van der Waals surface area contributed by atoms with Gasteiger partial charge in [0.2, 0.25) is 11.9 Å². The normalized spacial score (nSPS) is 10.2. The first kappa shape index (κ1) is 15.3. The summed E-state index contributed by atoms with van der Waals surface area (Å²) in [6.45, 7) is 5.66. The van der Waals surface area contributed by atoms with E-state index in [1.165, 1.54) is 0 Å². The molecular formula is C14H18ClN5O. The van der Waals surface area contributed by atoms with Crippen molar-refractivity contribution in [2.24, 2.45) is 0 Å². The molecule has 0 spiro atoms. The number of hydrogen-bond acceptors (Lipinski definition) is 6. The van der Waals surface area contributed by atoms with Gasteiger partial charge in [0.1, 0.15) is 0 Å². The molecule has 1 heterocycles. The third kappa shape index (κ3) is 4.75. The Bertz CT molecular complexity index is 569. The average molecular weight is 308 g/mol. The molecule has 2 N–H and O–H groups in total. The second kappa shape index (κ2) is 7.64. The summed E-state index contributed by atoms with van der Waals surface area (Å²) in [4.78, 5) is 12.7. The van der Waals surface area contributed by atoms with Crippen LogP contribution < -0.4 is 15.4 Å². The van der Waals surface area contributed by atoms with E-state index >= 15 is 0 Å². The van der Waals surface area contributed by atoms with Crippen molar-refractivity contribution in [1.29, 1.82) is 0 Å². The molecule has 0 unspecified atom stereocenters.